The van der Waals surface area contributed by atoms with Crippen LogP contribution in [-0.2, 0) is 20.9 Å². The highest BCUT2D eigenvalue weighted by atomic mass is 19.1. The van der Waals surface area contributed by atoms with Crippen LogP contribution in [0.15, 0.2) is 54.4 Å². The number of pyridine rings is 1. The van der Waals surface area contributed by atoms with Crippen molar-refractivity contribution in [2.45, 2.75) is 26.4 Å². The van der Waals surface area contributed by atoms with Crippen molar-refractivity contribution in [1.82, 2.24) is 9.88 Å². The van der Waals surface area contributed by atoms with Crippen LogP contribution in [0.4, 0.5) is 4.39 Å². The van der Waals surface area contributed by atoms with Gasteiger partial charge in [-0.25, -0.2) is 14.2 Å². The fourth-order valence-electron chi connectivity index (χ4n) is 4.28. The molecule has 8 nitrogen and oxygen atoms in total. The van der Waals surface area contributed by atoms with E-state index in [4.69, 9.17) is 4.74 Å². The van der Waals surface area contributed by atoms with Gasteiger partial charge >= 0.3 is 5.97 Å². The number of halogens is 1. The van der Waals surface area contributed by atoms with Gasteiger partial charge in [-0.1, -0.05) is 17.9 Å². The zero-order chi connectivity index (χ0) is 24.6. The second kappa shape index (κ2) is 8.93. The van der Waals surface area contributed by atoms with E-state index < -0.39 is 35.3 Å². The molecule has 0 spiro atoms. The predicted molar refractivity (Wildman–Crippen MR) is 116 cm³/mol. The molecule has 3 heterocycles. The fourth-order valence-corrected chi connectivity index (χ4v) is 4.28. The number of aryl methyl sites for hydroxylation is 1. The van der Waals surface area contributed by atoms with Crippen molar-refractivity contribution in [3.63, 3.8) is 0 Å². The van der Waals surface area contributed by atoms with Crippen molar-refractivity contribution in [3.05, 3.63) is 93.8 Å². The first-order valence-corrected chi connectivity index (χ1v) is 10.5. The van der Waals surface area contributed by atoms with Crippen LogP contribution in [0.25, 0.3) is 5.76 Å². The molecule has 1 atom stereocenters. The summed E-state index contributed by atoms with van der Waals surface area (Å²) in [6.45, 7) is 3.22. The summed E-state index contributed by atoms with van der Waals surface area (Å²) in [5.74, 6) is -3.58. The van der Waals surface area contributed by atoms with Crippen LogP contribution < -0.4 is 10.1 Å². The Labute approximate surface area is 194 Å². The van der Waals surface area contributed by atoms with Gasteiger partial charge < -0.3 is 19.7 Å². The summed E-state index contributed by atoms with van der Waals surface area (Å²) in [5, 5.41) is 13.7. The van der Waals surface area contributed by atoms with Gasteiger partial charge in [-0.05, 0) is 48.7 Å². The number of ether oxygens (including phenoxy) is 1. The lowest BCUT2D eigenvalue weighted by atomic mass is 9.94. The Hall–Kier alpha value is -4.27. The number of carbonyl (C=O) groups is 3. The number of aromatic nitrogens is 2. The highest BCUT2D eigenvalue weighted by Crippen LogP contribution is 2.40. The van der Waals surface area contributed by atoms with Crippen LogP contribution in [-0.4, -0.2) is 34.7 Å². The molecule has 0 bridgehead atoms. The maximum Gasteiger partial charge on any atom is 0.354 e. The number of aromatic amines is 2. The molecule has 9 heteroatoms. The summed E-state index contributed by atoms with van der Waals surface area (Å²) >= 11 is 0. The van der Waals surface area contributed by atoms with E-state index in [-0.39, 0.29) is 23.4 Å². The smallest absolute Gasteiger partial charge is 0.354 e. The molecule has 2 N–H and O–H groups in total. The van der Waals surface area contributed by atoms with Crippen molar-refractivity contribution in [2.75, 3.05) is 7.11 Å². The number of ketones is 1. The summed E-state index contributed by atoms with van der Waals surface area (Å²) in [4.78, 5) is 45.4. The minimum absolute atomic E-state index is 0.0548. The van der Waals surface area contributed by atoms with Crippen molar-refractivity contribution in [3.8, 4) is 0 Å². The van der Waals surface area contributed by atoms with Gasteiger partial charge in [-0.15, -0.1) is 0 Å². The minimum atomic E-state index is -1.02. The number of hydrogen-bond acceptors (Lipinski definition) is 5. The molecule has 0 saturated carbocycles. The third-order valence-electron chi connectivity index (χ3n) is 5.89. The molecule has 1 aliphatic heterocycles. The van der Waals surface area contributed by atoms with E-state index in [1.54, 1.807) is 38.4 Å². The monoisotopic (exact) mass is 463 g/mol. The maximum absolute atomic E-state index is 13.7. The first-order valence-electron chi connectivity index (χ1n) is 10.5. The maximum atomic E-state index is 13.7. The molecule has 1 aromatic carbocycles. The average molecular weight is 463 g/mol. The first-order chi connectivity index (χ1) is 16.2. The van der Waals surface area contributed by atoms with Crippen LogP contribution in [0.2, 0.25) is 0 Å². The van der Waals surface area contributed by atoms with E-state index in [1.165, 1.54) is 36.3 Å². The number of likely N-dealkylation sites (tertiary alicyclic amines) is 1. The number of carbonyl (C=O) groups excluding carboxylic acids is 3. The fraction of sp³-hybridized carbons (Fsp3) is 0.200. The molecule has 1 aliphatic rings. The highest BCUT2D eigenvalue weighted by molar-refractivity contribution is 6.46. The molecule has 3 aromatic rings. The largest absolute Gasteiger partial charge is 0.872 e. The third-order valence-corrected chi connectivity index (χ3v) is 5.89. The van der Waals surface area contributed by atoms with E-state index >= 15 is 0 Å². The Morgan fingerprint density at radius 1 is 1.21 bits per heavy atom. The van der Waals surface area contributed by atoms with E-state index in [9.17, 15) is 23.9 Å². The van der Waals surface area contributed by atoms with Gasteiger partial charge in [0.1, 0.15) is 11.5 Å². The van der Waals surface area contributed by atoms with Crippen molar-refractivity contribution in [1.29, 1.82) is 0 Å². The van der Waals surface area contributed by atoms with Gasteiger partial charge in [-0.2, -0.15) is 0 Å². The van der Waals surface area contributed by atoms with E-state index in [1.807, 2.05) is 0 Å². The van der Waals surface area contributed by atoms with Crippen LogP contribution in [0.3, 0.4) is 0 Å². The number of esters is 1. The molecule has 34 heavy (non-hydrogen) atoms. The SMILES string of the molecule is COC(=O)c1[nH]c(C)c(C([O-])=C2C(=O)C(=O)N(Cc3ccc[nH+]c3)C2c2ccc(F)cc2)c1C. The van der Waals surface area contributed by atoms with Crippen LogP contribution in [0, 0.1) is 19.7 Å². The van der Waals surface area contributed by atoms with E-state index in [2.05, 4.69) is 9.97 Å². The van der Waals surface area contributed by atoms with Gasteiger partial charge in [-0.3, -0.25) is 9.59 Å². The van der Waals surface area contributed by atoms with Gasteiger partial charge in [0, 0.05) is 22.9 Å². The Morgan fingerprint density at radius 2 is 1.91 bits per heavy atom. The molecule has 1 amide bonds. The topological polar surface area (TPSA) is 117 Å². The number of nitrogens with zero attached hydrogens (tertiary/aromatic N) is 1. The molecule has 1 fully saturated rings. The van der Waals surface area contributed by atoms with E-state index in [0.29, 0.717) is 22.4 Å². The van der Waals surface area contributed by atoms with E-state index in [0.717, 1.165) is 0 Å². The predicted octanol–water partition coefficient (Wildman–Crippen LogP) is 1.80. The quantitative estimate of drug-likeness (QED) is 0.268. The van der Waals surface area contributed by atoms with Crippen LogP contribution >= 0.6 is 0 Å². The Bertz CT molecular complexity index is 1310. The normalized spacial score (nSPS) is 17.3. The summed E-state index contributed by atoms with van der Waals surface area (Å²) in [7, 11) is 1.22. The summed E-state index contributed by atoms with van der Waals surface area (Å²) in [6.07, 6.45) is 3.39. The van der Waals surface area contributed by atoms with Gasteiger partial charge in [0.15, 0.2) is 12.4 Å². The summed E-state index contributed by atoms with van der Waals surface area (Å²) in [6, 6.07) is 7.81. The zero-order valence-corrected chi connectivity index (χ0v) is 18.8. The van der Waals surface area contributed by atoms with Crippen LogP contribution in [0.5, 0.6) is 0 Å². The molecular formula is C25H22FN3O5. The van der Waals surface area contributed by atoms with Crippen molar-refractivity contribution >= 4 is 23.4 Å². The standard InChI is InChI=1S/C25H22FN3O5/c1-13-18(14(2)28-20(13)25(33)34-3)22(30)19-21(16-6-8-17(26)9-7-16)29(24(32)23(19)31)12-15-5-4-10-27-11-15/h4-11,21,28,30H,12H2,1-3H3. The Morgan fingerprint density at radius 3 is 2.53 bits per heavy atom. The van der Waals surface area contributed by atoms with Gasteiger partial charge in [0.05, 0.1) is 19.7 Å². The third kappa shape index (κ3) is 3.85. The molecule has 1 unspecified atom stereocenters. The zero-order valence-electron chi connectivity index (χ0n) is 18.8. The molecule has 0 aliphatic carbocycles. The number of rotatable bonds is 5. The first kappa shape index (κ1) is 22.9. The minimum Gasteiger partial charge on any atom is -0.872 e. The second-order valence-electron chi connectivity index (χ2n) is 7.99. The highest BCUT2D eigenvalue weighted by Gasteiger charge is 2.44. The van der Waals surface area contributed by atoms with Gasteiger partial charge in [0.2, 0.25) is 5.78 Å². The number of amides is 1. The molecule has 1 saturated heterocycles. The number of benzene rings is 1. The Kier molecular flexibility index (Phi) is 6.02. The molecular weight excluding hydrogens is 441 g/mol. The lowest BCUT2D eigenvalue weighted by Crippen LogP contribution is -2.29. The van der Waals surface area contributed by atoms with Gasteiger partial charge in [0.25, 0.3) is 5.91 Å². The van der Waals surface area contributed by atoms with Crippen LogP contribution in [0.1, 0.15) is 44.5 Å². The molecule has 4 rings (SSSR count). The number of Topliss-reactive ketones (excluding diaryl/α,β-unsaturated/α-hetero) is 1. The average Bonchev–Trinajstić information content (AvgIpc) is 3.27. The summed E-state index contributed by atoms with van der Waals surface area (Å²) < 4.78 is 18.4. The molecule has 0 radical (unpaired) electrons. The lowest BCUT2D eigenvalue weighted by Gasteiger charge is -2.27. The molecule has 2 aromatic heterocycles. The number of methoxy groups -OCH3 is 1. The summed E-state index contributed by atoms with van der Waals surface area (Å²) in [5.41, 5.74) is 1.78. The number of hydrogen-bond donors (Lipinski definition) is 1. The number of H-pyrrole nitrogens is 2. The second-order valence-corrected chi connectivity index (χ2v) is 7.99. The van der Waals surface area contributed by atoms with Crippen molar-refractivity contribution in [2.24, 2.45) is 0 Å². The lowest BCUT2D eigenvalue weighted by molar-refractivity contribution is -0.378. The number of nitrogens with one attached hydrogen (secondary N) is 2. The molecule has 174 valence electrons. The Balaban J connectivity index is 1.91. The van der Waals surface area contributed by atoms with Crippen molar-refractivity contribution < 1.29 is 33.6 Å².